The van der Waals surface area contributed by atoms with Gasteiger partial charge in [-0.05, 0) is 153 Å². The van der Waals surface area contributed by atoms with Crippen molar-refractivity contribution in [2.45, 2.75) is 269 Å². The molecular formula is C68H106CaO14S2. The van der Waals surface area contributed by atoms with E-state index in [1.54, 1.807) is 0 Å². The predicted octanol–water partition coefficient (Wildman–Crippen LogP) is 17.8. The summed E-state index contributed by atoms with van der Waals surface area (Å²) >= 11 is 0. The van der Waals surface area contributed by atoms with Crippen LogP contribution in [-0.4, -0.2) is 114 Å². The maximum atomic E-state index is 12.8. The van der Waals surface area contributed by atoms with Crippen LogP contribution in [0, 0.1) is 0 Å². The van der Waals surface area contributed by atoms with Crippen LogP contribution in [0.1, 0.15) is 300 Å². The first-order valence-corrected chi connectivity index (χ1v) is 34.9. The van der Waals surface area contributed by atoms with Gasteiger partial charge in [-0.15, -0.1) is 0 Å². The number of unbranched alkanes of at least 4 members (excludes halogenated alkanes) is 28. The fraction of sp³-hybridized carbons (Fsp3) is 0.647. The molecule has 0 aliphatic heterocycles. The number of hydrogen-bond donors (Lipinski definition) is 0. The smallest absolute Gasteiger partial charge is 0.744 e. The first-order valence-electron chi connectivity index (χ1n) is 32.1. The Bertz CT molecular complexity index is 2260. The van der Waals surface area contributed by atoms with Gasteiger partial charge in [0.1, 0.15) is 20.2 Å². The maximum absolute atomic E-state index is 12.8. The summed E-state index contributed by atoms with van der Waals surface area (Å²) in [5, 5.41) is 0. The zero-order valence-corrected chi connectivity index (χ0v) is 56.4. The summed E-state index contributed by atoms with van der Waals surface area (Å²) < 4.78 is 92.3. The molecule has 0 saturated carbocycles. The number of carbonyl (C=O) groups excluding carboxylic acids is 4. The van der Waals surface area contributed by atoms with E-state index in [1.807, 2.05) is 0 Å². The summed E-state index contributed by atoms with van der Waals surface area (Å²) in [4.78, 5) is 49.7. The van der Waals surface area contributed by atoms with Gasteiger partial charge in [0.2, 0.25) is 0 Å². The van der Waals surface area contributed by atoms with Crippen molar-refractivity contribution in [2.24, 2.45) is 0 Å². The van der Waals surface area contributed by atoms with E-state index in [-0.39, 0.29) is 75.3 Å². The fourth-order valence-electron chi connectivity index (χ4n) is 9.06. The molecule has 2 aromatic carbocycles. The second kappa shape index (κ2) is 54.5. The molecule has 0 radical (unpaired) electrons. The number of ether oxygens (including phenoxy) is 4. The molecule has 0 heterocycles. The Morgan fingerprint density at radius 2 is 0.541 bits per heavy atom. The van der Waals surface area contributed by atoms with Crippen LogP contribution in [0.2, 0.25) is 0 Å². The maximum Gasteiger partial charge on any atom is 2.00 e. The van der Waals surface area contributed by atoms with Crippen LogP contribution in [0.3, 0.4) is 0 Å². The molecule has 14 nitrogen and oxygen atoms in total. The number of rotatable bonds is 50. The van der Waals surface area contributed by atoms with E-state index in [9.17, 15) is 45.1 Å². The number of benzene rings is 2. The van der Waals surface area contributed by atoms with Gasteiger partial charge >= 0.3 is 61.6 Å². The molecule has 85 heavy (non-hydrogen) atoms. The summed E-state index contributed by atoms with van der Waals surface area (Å²) in [6.45, 7) is 9.20. The average Bonchev–Trinajstić information content (AvgIpc) is 3.62. The Kier molecular flexibility index (Phi) is 52.2. The molecule has 0 amide bonds. The Morgan fingerprint density at radius 1 is 0.329 bits per heavy atom. The van der Waals surface area contributed by atoms with Crippen LogP contribution < -0.4 is 0 Å². The molecule has 0 atom stereocenters. The van der Waals surface area contributed by atoms with Gasteiger partial charge in [0.25, 0.3) is 0 Å². The van der Waals surface area contributed by atoms with Gasteiger partial charge in [0, 0.05) is 0 Å². The molecule has 0 unspecified atom stereocenters. The van der Waals surface area contributed by atoms with E-state index in [0.29, 0.717) is 25.7 Å². The van der Waals surface area contributed by atoms with Gasteiger partial charge in [-0.2, -0.15) is 0 Å². The molecular weight excluding hydrogens is 1140 g/mol. The Hall–Kier alpha value is -3.64. The van der Waals surface area contributed by atoms with E-state index >= 15 is 0 Å². The van der Waals surface area contributed by atoms with Crippen LogP contribution in [-0.2, 0) is 39.2 Å². The van der Waals surface area contributed by atoms with Crippen molar-refractivity contribution >= 4 is 81.9 Å². The largest absolute Gasteiger partial charge is 2.00 e. The Labute approximate surface area is 544 Å². The number of carbonyl (C=O) groups is 4. The molecule has 0 aliphatic carbocycles. The molecule has 0 aromatic heterocycles. The first-order chi connectivity index (χ1) is 40.6. The molecule has 0 N–H and O–H groups in total. The van der Waals surface area contributed by atoms with Gasteiger partial charge in [-0.1, -0.05) is 191 Å². The van der Waals surface area contributed by atoms with Gasteiger partial charge in [0.15, 0.2) is 0 Å². The Balaban J connectivity index is 0.00000164. The van der Waals surface area contributed by atoms with Crippen LogP contribution in [0.5, 0.6) is 0 Å². The van der Waals surface area contributed by atoms with E-state index in [2.05, 4.69) is 76.3 Å². The topological polar surface area (TPSA) is 220 Å². The minimum atomic E-state index is -5.01. The van der Waals surface area contributed by atoms with E-state index < -0.39 is 65.0 Å². The predicted molar refractivity (Wildman–Crippen MR) is 341 cm³/mol. The van der Waals surface area contributed by atoms with Crippen LogP contribution in [0.15, 0.2) is 94.8 Å². The zero-order valence-electron chi connectivity index (χ0n) is 52.6. The Morgan fingerprint density at radius 3 is 0.765 bits per heavy atom. The third-order valence-electron chi connectivity index (χ3n) is 14.0. The van der Waals surface area contributed by atoms with Crippen molar-refractivity contribution in [3.63, 3.8) is 0 Å². The van der Waals surface area contributed by atoms with Gasteiger partial charge in [0.05, 0.1) is 58.5 Å². The summed E-state index contributed by atoms with van der Waals surface area (Å²) in [5.74, 6) is -3.69. The fourth-order valence-corrected chi connectivity index (χ4v) is 10.4. The first kappa shape index (κ1) is 81.4. The summed E-state index contributed by atoms with van der Waals surface area (Å²) in [6.07, 6.45) is 55.5. The molecule has 0 saturated heterocycles. The SMILES string of the molecule is CCCCC/C=C/CCCCCCOC(=O)c1cccc(S(=O)(=O)[O-])c1C(=O)OCCCCCC/C=C/CCCCC.CCCCC/C=C/CCCCCCOC(=O)c1cccc(S(=O)(=O)[O-])c1C(=O)OCCCCCC/C=C/CCCCC.[Ca+2]. The van der Waals surface area contributed by atoms with Gasteiger partial charge < -0.3 is 28.1 Å². The van der Waals surface area contributed by atoms with Crippen molar-refractivity contribution in [1.29, 1.82) is 0 Å². The van der Waals surface area contributed by atoms with Crippen molar-refractivity contribution in [3.8, 4) is 0 Å². The second-order valence-electron chi connectivity index (χ2n) is 21.5. The van der Waals surface area contributed by atoms with Crippen LogP contribution in [0.25, 0.3) is 0 Å². The third kappa shape index (κ3) is 42.0. The summed E-state index contributed by atoms with van der Waals surface area (Å²) in [5.41, 5.74) is -1.63. The molecule has 2 rings (SSSR count). The minimum Gasteiger partial charge on any atom is -0.744 e. The molecule has 476 valence electrons. The van der Waals surface area contributed by atoms with Crippen molar-refractivity contribution in [2.75, 3.05) is 26.4 Å². The van der Waals surface area contributed by atoms with Gasteiger partial charge in [-0.25, -0.2) is 36.0 Å². The standard InChI is InChI=1S/2C34H54O7S.Ca/c2*1-3-5-7-9-11-13-15-17-19-21-23-28-40-33(35)30-26-25-27-31(42(37,38)39)32(30)34(36)41-29-24-22-20-18-16-14-12-10-8-6-4-2;/h2*11-14,25-27H,3-10,15-24,28-29H2,1-2H3,(H,37,38,39);/q;;+2/p-2/b2*13-11+,14-12+;. The normalized spacial score (nSPS) is 11.7. The summed E-state index contributed by atoms with van der Waals surface area (Å²) in [6, 6.07) is 7.12. The zero-order chi connectivity index (χ0) is 61.8. The van der Waals surface area contributed by atoms with Crippen molar-refractivity contribution < 1.29 is 64.1 Å². The molecule has 0 aliphatic rings. The summed E-state index contributed by atoms with van der Waals surface area (Å²) in [7, 11) is -10.0. The third-order valence-corrected chi connectivity index (χ3v) is 15.8. The van der Waals surface area contributed by atoms with Crippen molar-refractivity contribution in [3.05, 3.63) is 107 Å². The van der Waals surface area contributed by atoms with E-state index in [0.717, 1.165) is 141 Å². The minimum absolute atomic E-state index is 0. The molecule has 0 fully saturated rings. The quantitative estimate of drug-likeness (QED) is 0.0150. The van der Waals surface area contributed by atoms with Crippen molar-refractivity contribution in [1.82, 2.24) is 0 Å². The second-order valence-corrected chi connectivity index (χ2v) is 24.2. The monoisotopic (exact) mass is 1250 g/mol. The average molecular weight is 1250 g/mol. The molecule has 17 heteroatoms. The van der Waals surface area contributed by atoms with E-state index in [1.165, 1.54) is 101 Å². The van der Waals surface area contributed by atoms with E-state index in [4.69, 9.17) is 18.9 Å². The number of hydrogen-bond acceptors (Lipinski definition) is 14. The molecule has 2 aromatic rings. The molecule has 0 spiro atoms. The van der Waals surface area contributed by atoms with Crippen LogP contribution in [0.4, 0.5) is 0 Å². The van der Waals surface area contributed by atoms with Crippen LogP contribution >= 0.6 is 0 Å². The number of esters is 4. The van der Waals surface area contributed by atoms with Gasteiger partial charge in [-0.3, -0.25) is 0 Å². The number of allylic oxidation sites excluding steroid dienone is 8. The molecule has 0 bridgehead atoms.